The number of nitrogens with two attached hydrogens (primary N) is 1. The molecule has 0 fully saturated rings. The average molecular weight is 224 g/mol. The van der Waals surface area contributed by atoms with Gasteiger partial charge in [0, 0.05) is 0 Å². The van der Waals surface area contributed by atoms with E-state index in [2.05, 4.69) is 0 Å². The van der Waals surface area contributed by atoms with Gasteiger partial charge in [-0.1, -0.05) is 6.07 Å². The van der Waals surface area contributed by atoms with E-state index >= 15 is 0 Å². The fraction of sp³-hybridized carbons (Fsp3) is 0.333. The average Bonchev–Trinajstić information content (AvgIpc) is 2.08. The Balaban J connectivity index is 0.00000169. The van der Waals surface area contributed by atoms with E-state index in [9.17, 15) is 8.78 Å². The summed E-state index contributed by atoms with van der Waals surface area (Å²) >= 11 is 0. The third kappa shape index (κ3) is 2.90. The molecular formula is C9H12ClF2NO. The fourth-order valence-electron chi connectivity index (χ4n) is 0.998. The lowest BCUT2D eigenvalue weighted by Gasteiger charge is -2.14. The van der Waals surface area contributed by atoms with Gasteiger partial charge in [-0.05, 0) is 24.6 Å². The Kier molecular flexibility index (Phi) is 4.97. The lowest BCUT2D eigenvalue weighted by molar-refractivity contribution is 0.164. The summed E-state index contributed by atoms with van der Waals surface area (Å²) in [5, 5.41) is 9.09. The normalized spacial score (nSPS) is 14.4. The molecule has 0 spiro atoms. The Bertz CT molecular complexity index is 307. The van der Waals surface area contributed by atoms with E-state index in [0.717, 1.165) is 12.1 Å². The van der Waals surface area contributed by atoms with Crippen LogP contribution in [-0.2, 0) is 0 Å². The molecule has 80 valence electrons. The molecule has 0 aliphatic heterocycles. The van der Waals surface area contributed by atoms with E-state index in [4.69, 9.17) is 10.8 Å². The lowest BCUT2D eigenvalue weighted by atomic mass is 10.0. The first kappa shape index (κ1) is 13.3. The first-order valence-electron chi connectivity index (χ1n) is 3.91. The van der Waals surface area contributed by atoms with Crippen LogP contribution < -0.4 is 5.73 Å². The van der Waals surface area contributed by atoms with Crippen LogP contribution in [0.3, 0.4) is 0 Å². The van der Waals surface area contributed by atoms with E-state index in [1.165, 1.54) is 13.0 Å². The van der Waals surface area contributed by atoms with Gasteiger partial charge in [0.05, 0.1) is 12.1 Å². The molecule has 0 heterocycles. The van der Waals surface area contributed by atoms with E-state index in [0.29, 0.717) is 5.56 Å². The maximum absolute atomic E-state index is 12.7. The first-order valence-corrected chi connectivity index (χ1v) is 3.91. The summed E-state index contributed by atoms with van der Waals surface area (Å²) in [5.41, 5.74) is 5.90. The highest BCUT2D eigenvalue weighted by atomic mass is 35.5. The molecule has 0 unspecified atom stereocenters. The SMILES string of the molecule is C[C@@H](O)[C@@H](N)c1ccc(F)c(F)c1.Cl. The number of hydrogen-bond acceptors (Lipinski definition) is 2. The van der Waals surface area contributed by atoms with E-state index < -0.39 is 23.8 Å². The third-order valence-corrected chi connectivity index (χ3v) is 1.85. The molecule has 0 bridgehead atoms. The molecule has 0 saturated carbocycles. The van der Waals surface area contributed by atoms with Crippen molar-refractivity contribution in [1.29, 1.82) is 0 Å². The zero-order valence-electron chi connectivity index (χ0n) is 7.58. The summed E-state index contributed by atoms with van der Waals surface area (Å²) in [4.78, 5) is 0. The van der Waals surface area contributed by atoms with E-state index in [1.807, 2.05) is 0 Å². The maximum Gasteiger partial charge on any atom is 0.159 e. The van der Waals surface area contributed by atoms with E-state index in [-0.39, 0.29) is 12.4 Å². The van der Waals surface area contributed by atoms with Crippen LogP contribution in [0.1, 0.15) is 18.5 Å². The molecule has 3 N–H and O–H groups in total. The van der Waals surface area contributed by atoms with Gasteiger partial charge in [0.1, 0.15) is 0 Å². The molecule has 1 aromatic carbocycles. The monoisotopic (exact) mass is 223 g/mol. The van der Waals surface area contributed by atoms with Crippen molar-refractivity contribution in [2.75, 3.05) is 0 Å². The van der Waals surface area contributed by atoms with Crippen LogP contribution >= 0.6 is 12.4 Å². The highest BCUT2D eigenvalue weighted by Crippen LogP contribution is 2.16. The highest BCUT2D eigenvalue weighted by Gasteiger charge is 2.13. The van der Waals surface area contributed by atoms with Crippen molar-refractivity contribution >= 4 is 12.4 Å². The molecule has 0 saturated heterocycles. The van der Waals surface area contributed by atoms with Crippen LogP contribution in [0.5, 0.6) is 0 Å². The number of aliphatic hydroxyl groups excluding tert-OH is 1. The predicted molar refractivity (Wildman–Crippen MR) is 52.2 cm³/mol. The van der Waals surface area contributed by atoms with Gasteiger partial charge < -0.3 is 10.8 Å². The topological polar surface area (TPSA) is 46.2 Å². The minimum atomic E-state index is -0.950. The summed E-state index contributed by atoms with van der Waals surface area (Å²) in [5.74, 6) is -1.87. The molecule has 2 nitrogen and oxygen atoms in total. The molecule has 5 heteroatoms. The quantitative estimate of drug-likeness (QED) is 0.803. The van der Waals surface area contributed by atoms with Gasteiger partial charge in [-0.15, -0.1) is 12.4 Å². The molecule has 0 aliphatic carbocycles. The summed E-state index contributed by atoms with van der Waals surface area (Å²) in [7, 11) is 0. The molecule has 14 heavy (non-hydrogen) atoms. The Hall–Kier alpha value is -0.710. The number of rotatable bonds is 2. The molecule has 2 atom stereocenters. The molecule has 0 radical (unpaired) electrons. The standard InChI is InChI=1S/C9H11F2NO.ClH/c1-5(13)9(12)6-2-3-7(10)8(11)4-6;/h2-5,9,13H,12H2,1H3;1H/t5-,9-;/m1./s1. The second kappa shape index (κ2) is 5.24. The van der Waals surface area contributed by atoms with Gasteiger partial charge in [-0.2, -0.15) is 0 Å². The largest absolute Gasteiger partial charge is 0.391 e. The van der Waals surface area contributed by atoms with Crippen LogP contribution in [0.15, 0.2) is 18.2 Å². The molecule has 0 aliphatic rings. The summed E-state index contributed by atoms with van der Waals surface area (Å²) < 4.78 is 25.2. The van der Waals surface area contributed by atoms with Gasteiger partial charge in [-0.25, -0.2) is 8.78 Å². The predicted octanol–water partition coefficient (Wildman–Crippen LogP) is 1.77. The number of aliphatic hydroxyl groups is 1. The zero-order chi connectivity index (χ0) is 10.0. The Labute approximate surface area is 87.1 Å². The lowest BCUT2D eigenvalue weighted by Crippen LogP contribution is -2.23. The first-order chi connectivity index (χ1) is 6.02. The van der Waals surface area contributed by atoms with Crippen LogP contribution in [0.4, 0.5) is 8.78 Å². The molecule has 1 aromatic rings. The second-order valence-electron chi connectivity index (χ2n) is 2.94. The van der Waals surface area contributed by atoms with Gasteiger partial charge in [0.25, 0.3) is 0 Å². The van der Waals surface area contributed by atoms with Crippen molar-refractivity contribution in [3.05, 3.63) is 35.4 Å². The Morgan fingerprint density at radius 2 is 1.86 bits per heavy atom. The molecule has 0 aromatic heterocycles. The summed E-state index contributed by atoms with van der Waals surface area (Å²) in [6, 6.07) is 2.66. The molecular weight excluding hydrogens is 212 g/mol. The van der Waals surface area contributed by atoms with Gasteiger partial charge in [0.2, 0.25) is 0 Å². The van der Waals surface area contributed by atoms with Crippen LogP contribution in [0.25, 0.3) is 0 Å². The highest BCUT2D eigenvalue weighted by molar-refractivity contribution is 5.85. The van der Waals surface area contributed by atoms with Gasteiger partial charge in [-0.3, -0.25) is 0 Å². The fourth-order valence-corrected chi connectivity index (χ4v) is 0.998. The van der Waals surface area contributed by atoms with Crippen molar-refractivity contribution in [3.8, 4) is 0 Å². The summed E-state index contributed by atoms with van der Waals surface area (Å²) in [6.07, 6.45) is -0.787. The number of halogens is 3. The van der Waals surface area contributed by atoms with Crippen molar-refractivity contribution in [3.63, 3.8) is 0 Å². The smallest absolute Gasteiger partial charge is 0.159 e. The zero-order valence-corrected chi connectivity index (χ0v) is 8.39. The Morgan fingerprint density at radius 3 is 2.29 bits per heavy atom. The van der Waals surface area contributed by atoms with Crippen molar-refractivity contribution < 1.29 is 13.9 Å². The second-order valence-corrected chi connectivity index (χ2v) is 2.94. The maximum atomic E-state index is 12.7. The van der Waals surface area contributed by atoms with Crippen molar-refractivity contribution in [1.82, 2.24) is 0 Å². The minimum Gasteiger partial charge on any atom is -0.391 e. The van der Waals surface area contributed by atoms with E-state index in [1.54, 1.807) is 0 Å². The molecule has 1 rings (SSSR count). The van der Waals surface area contributed by atoms with Crippen LogP contribution in [-0.4, -0.2) is 11.2 Å². The van der Waals surface area contributed by atoms with Gasteiger partial charge in [0.15, 0.2) is 11.6 Å². The van der Waals surface area contributed by atoms with Gasteiger partial charge >= 0.3 is 0 Å². The minimum absolute atomic E-state index is 0. The summed E-state index contributed by atoms with van der Waals surface area (Å²) in [6.45, 7) is 1.49. The third-order valence-electron chi connectivity index (χ3n) is 1.85. The molecule has 0 amide bonds. The van der Waals surface area contributed by atoms with Crippen LogP contribution in [0.2, 0.25) is 0 Å². The Morgan fingerprint density at radius 1 is 1.29 bits per heavy atom. The number of hydrogen-bond donors (Lipinski definition) is 2. The van der Waals surface area contributed by atoms with Crippen LogP contribution in [0, 0.1) is 11.6 Å². The van der Waals surface area contributed by atoms with Crippen molar-refractivity contribution in [2.24, 2.45) is 5.73 Å². The number of benzene rings is 1. The van der Waals surface area contributed by atoms with Crippen molar-refractivity contribution in [2.45, 2.75) is 19.1 Å².